The Morgan fingerprint density at radius 3 is 2.68 bits per heavy atom. The lowest BCUT2D eigenvalue weighted by atomic mass is 9.94. The zero-order valence-electron chi connectivity index (χ0n) is 14.0. The van der Waals surface area contributed by atoms with E-state index < -0.39 is 12.0 Å². The van der Waals surface area contributed by atoms with E-state index in [1.807, 2.05) is 24.3 Å². The molecule has 1 atom stereocenters. The van der Waals surface area contributed by atoms with Crippen LogP contribution in [0.2, 0.25) is 0 Å². The van der Waals surface area contributed by atoms with Crippen molar-refractivity contribution in [2.24, 2.45) is 0 Å². The Morgan fingerprint density at radius 1 is 1.32 bits per heavy atom. The van der Waals surface area contributed by atoms with Gasteiger partial charge in [-0.05, 0) is 18.1 Å². The lowest BCUT2D eigenvalue weighted by molar-refractivity contribution is -0.153. The molecular weight excluding hydrogens is 342 g/mol. The molecule has 0 aliphatic carbocycles. The van der Waals surface area contributed by atoms with Gasteiger partial charge < -0.3 is 15.5 Å². The van der Waals surface area contributed by atoms with Crippen molar-refractivity contribution >= 4 is 23.6 Å². The molecule has 1 aromatic carbocycles. The first-order valence-electron chi connectivity index (χ1n) is 7.75. The third kappa shape index (κ3) is 3.46. The van der Waals surface area contributed by atoms with E-state index in [2.05, 4.69) is 10.2 Å². The van der Waals surface area contributed by atoms with E-state index in [0.717, 1.165) is 11.1 Å². The third-order valence-electron chi connectivity index (χ3n) is 4.20. The van der Waals surface area contributed by atoms with E-state index in [4.69, 9.17) is 10.6 Å². The standard InChI is InChI=1S/C16H19N5O3S/c1-10-18-19-16(21(10)17)25-9-14(22)20-8-12-6-4-3-5-11(12)7-13(20)15(23)24-2/h3-6,13H,7-9,17H2,1-2H3/t13-/m0/s1. The lowest BCUT2D eigenvalue weighted by Gasteiger charge is -2.35. The molecule has 0 saturated heterocycles. The maximum Gasteiger partial charge on any atom is 0.328 e. The number of rotatable bonds is 4. The quantitative estimate of drug-likeness (QED) is 0.481. The van der Waals surface area contributed by atoms with Gasteiger partial charge in [-0.25, -0.2) is 9.47 Å². The smallest absolute Gasteiger partial charge is 0.328 e. The van der Waals surface area contributed by atoms with Gasteiger partial charge in [0, 0.05) is 13.0 Å². The summed E-state index contributed by atoms with van der Waals surface area (Å²) in [6, 6.07) is 7.17. The number of nitrogen functional groups attached to an aromatic ring is 1. The maximum atomic E-state index is 12.7. The number of hydrogen-bond donors (Lipinski definition) is 1. The first-order valence-corrected chi connectivity index (χ1v) is 8.73. The van der Waals surface area contributed by atoms with Crippen molar-refractivity contribution in [1.29, 1.82) is 0 Å². The second-order valence-corrected chi connectivity index (χ2v) is 6.66. The van der Waals surface area contributed by atoms with Crippen LogP contribution < -0.4 is 5.84 Å². The molecule has 1 aliphatic heterocycles. The summed E-state index contributed by atoms with van der Waals surface area (Å²) in [6.07, 6.45) is 0.450. The van der Waals surface area contributed by atoms with Gasteiger partial charge in [0.25, 0.3) is 0 Å². The molecule has 1 aliphatic rings. The van der Waals surface area contributed by atoms with Crippen molar-refractivity contribution < 1.29 is 14.3 Å². The SMILES string of the molecule is COC(=O)[C@@H]1Cc2ccccc2CN1C(=O)CSc1nnc(C)n1N. The Hall–Kier alpha value is -2.55. The highest BCUT2D eigenvalue weighted by molar-refractivity contribution is 7.99. The number of nitrogens with two attached hydrogens (primary N) is 1. The van der Waals surface area contributed by atoms with Crippen LogP contribution in [0.4, 0.5) is 0 Å². The predicted molar refractivity (Wildman–Crippen MR) is 92.1 cm³/mol. The number of methoxy groups -OCH3 is 1. The fourth-order valence-corrected chi connectivity index (χ4v) is 3.58. The van der Waals surface area contributed by atoms with E-state index >= 15 is 0 Å². The van der Waals surface area contributed by atoms with Crippen molar-refractivity contribution in [2.75, 3.05) is 18.7 Å². The Kier molecular flexibility index (Phi) is 4.93. The van der Waals surface area contributed by atoms with E-state index in [1.165, 1.54) is 23.5 Å². The fourth-order valence-electron chi connectivity index (χ4n) is 2.79. The van der Waals surface area contributed by atoms with Crippen LogP contribution in [0.15, 0.2) is 29.4 Å². The van der Waals surface area contributed by atoms with E-state index in [0.29, 0.717) is 23.9 Å². The molecule has 0 fully saturated rings. The van der Waals surface area contributed by atoms with Gasteiger partial charge in [0.15, 0.2) is 0 Å². The molecule has 0 saturated carbocycles. The Balaban J connectivity index is 1.76. The van der Waals surface area contributed by atoms with Crippen LogP contribution in [0.5, 0.6) is 0 Å². The molecule has 0 spiro atoms. The fraction of sp³-hybridized carbons (Fsp3) is 0.375. The number of ether oxygens (including phenoxy) is 1. The lowest BCUT2D eigenvalue weighted by Crippen LogP contribution is -2.49. The number of thioether (sulfide) groups is 1. The number of nitrogens with zero attached hydrogens (tertiary/aromatic N) is 4. The van der Waals surface area contributed by atoms with Gasteiger partial charge in [-0.15, -0.1) is 10.2 Å². The molecule has 2 aromatic rings. The second-order valence-electron chi connectivity index (χ2n) is 5.72. The zero-order chi connectivity index (χ0) is 18.0. The first-order chi connectivity index (χ1) is 12.0. The number of benzene rings is 1. The largest absolute Gasteiger partial charge is 0.467 e. The minimum atomic E-state index is -0.620. The molecule has 0 bridgehead atoms. The summed E-state index contributed by atoms with van der Waals surface area (Å²) in [6.45, 7) is 2.11. The molecule has 0 radical (unpaired) electrons. The number of esters is 1. The maximum absolute atomic E-state index is 12.7. The summed E-state index contributed by atoms with van der Waals surface area (Å²) in [7, 11) is 1.33. The van der Waals surface area contributed by atoms with Gasteiger partial charge in [-0.3, -0.25) is 4.79 Å². The highest BCUT2D eigenvalue weighted by atomic mass is 32.2. The van der Waals surface area contributed by atoms with Crippen molar-refractivity contribution in [3.05, 3.63) is 41.2 Å². The predicted octanol–water partition coefficient (Wildman–Crippen LogP) is 0.519. The van der Waals surface area contributed by atoms with E-state index in [-0.39, 0.29) is 11.7 Å². The van der Waals surface area contributed by atoms with Gasteiger partial charge in [-0.1, -0.05) is 36.0 Å². The normalized spacial score (nSPS) is 16.4. The van der Waals surface area contributed by atoms with Crippen LogP contribution in [0.25, 0.3) is 0 Å². The van der Waals surface area contributed by atoms with Crippen LogP contribution in [0.1, 0.15) is 17.0 Å². The summed E-state index contributed by atoms with van der Waals surface area (Å²) >= 11 is 1.19. The number of hydrogen-bond acceptors (Lipinski definition) is 7. The van der Waals surface area contributed by atoms with Gasteiger partial charge in [0.05, 0.1) is 12.9 Å². The van der Waals surface area contributed by atoms with Crippen molar-refractivity contribution in [3.8, 4) is 0 Å². The minimum Gasteiger partial charge on any atom is -0.467 e. The summed E-state index contributed by atoms with van der Waals surface area (Å²) in [5.74, 6) is 5.90. The average molecular weight is 361 g/mol. The number of carbonyl (C=O) groups excluding carboxylic acids is 2. The van der Waals surface area contributed by atoms with Crippen LogP contribution in [-0.2, 0) is 27.3 Å². The third-order valence-corrected chi connectivity index (χ3v) is 5.13. The molecule has 0 unspecified atom stereocenters. The molecule has 1 amide bonds. The number of carbonyl (C=O) groups is 2. The zero-order valence-corrected chi connectivity index (χ0v) is 14.8. The Labute approximate surface area is 149 Å². The molecule has 1 aromatic heterocycles. The number of fused-ring (bicyclic) bond motifs is 1. The molecule has 8 nitrogen and oxygen atoms in total. The topological polar surface area (TPSA) is 103 Å². The molecule has 132 valence electrons. The molecule has 2 heterocycles. The van der Waals surface area contributed by atoms with Crippen molar-refractivity contribution in [3.63, 3.8) is 0 Å². The summed E-state index contributed by atoms with van der Waals surface area (Å²) < 4.78 is 6.22. The van der Waals surface area contributed by atoms with Crippen LogP contribution in [-0.4, -0.2) is 50.6 Å². The highest BCUT2D eigenvalue weighted by Crippen LogP contribution is 2.25. The Bertz CT molecular complexity index is 807. The van der Waals surface area contributed by atoms with E-state index in [1.54, 1.807) is 11.8 Å². The number of aromatic nitrogens is 3. The monoisotopic (exact) mass is 361 g/mol. The summed E-state index contributed by atoms with van der Waals surface area (Å²) in [4.78, 5) is 26.4. The molecule has 3 rings (SSSR count). The average Bonchev–Trinajstić information content (AvgIpc) is 2.96. The summed E-state index contributed by atoms with van der Waals surface area (Å²) in [5, 5.41) is 8.24. The van der Waals surface area contributed by atoms with Crippen LogP contribution in [0.3, 0.4) is 0 Å². The van der Waals surface area contributed by atoms with Crippen LogP contribution >= 0.6 is 11.8 Å². The van der Waals surface area contributed by atoms with Gasteiger partial charge >= 0.3 is 5.97 Å². The molecule has 2 N–H and O–H groups in total. The van der Waals surface area contributed by atoms with Crippen molar-refractivity contribution in [1.82, 2.24) is 19.8 Å². The minimum absolute atomic E-state index is 0.116. The number of aryl methyl sites for hydroxylation is 1. The second kappa shape index (κ2) is 7.14. The van der Waals surface area contributed by atoms with Gasteiger partial charge in [0.1, 0.15) is 11.9 Å². The molecular formula is C16H19N5O3S. The van der Waals surface area contributed by atoms with Crippen molar-refractivity contribution in [2.45, 2.75) is 31.1 Å². The number of amides is 1. The summed E-state index contributed by atoms with van der Waals surface area (Å²) in [5.41, 5.74) is 2.10. The van der Waals surface area contributed by atoms with Gasteiger partial charge in [0.2, 0.25) is 11.1 Å². The molecule has 25 heavy (non-hydrogen) atoms. The Morgan fingerprint density at radius 2 is 2.04 bits per heavy atom. The first kappa shape index (κ1) is 17.3. The van der Waals surface area contributed by atoms with Gasteiger partial charge in [-0.2, -0.15) is 0 Å². The van der Waals surface area contributed by atoms with Crippen LogP contribution in [0, 0.1) is 6.92 Å². The molecule has 9 heteroatoms. The highest BCUT2D eigenvalue weighted by Gasteiger charge is 2.35. The van der Waals surface area contributed by atoms with E-state index in [9.17, 15) is 9.59 Å².